The van der Waals surface area contributed by atoms with Crippen LogP contribution >= 0.6 is 0 Å². The topological polar surface area (TPSA) is 59.0 Å². The zero-order valence-corrected chi connectivity index (χ0v) is 13.2. The lowest BCUT2D eigenvalue weighted by Crippen LogP contribution is -2.28. The van der Waals surface area contributed by atoms with Gasteiger partial charge in [-0.25, -0.2) is 9.97 Å². The highest BCUT2D eigenvalue weighted by Gasteiger charge is 2.40. The van der Waals surface area contributed by atoms with Gasteiger partial charge in [-0.3, -0.25) is 9.78 Å². The third-order valence-electron chi connectivity index (χ3n) is 4.17. The average molecular weight is 296 g/mol. The molecular weight excluding hydrogens is 276 g/mol. The predicted molar refractivity (Wildman–Crippen MR) is 83.7 cm³/mol. The molecule has 5 nitrogen and oxygen atoms in total. The highest BCUT2D eigenvalue weighted by molar-refractivity contribution is 5.81. The van der Waals surface area contributed by atoms with E-state index in [0.717, 1.165) is 23.2 Å². The van der Waals surface area contributed by atoms with Crippen LogP contribution in [0.15, 0.2) is 30.7 Å². The second kappa shape index (κ2) is 5.83. The number of pyridine rings is 1. The fraction of sp³-hybridized carbons (Fsp3) is 0.412. The SMILES string of the molecule is Cc1ncc(-c2ccncc2)c(CN(C)C(=O)[C@H]2C[C@@H]2C)n1. The molecule has 22 heavy (non-hydrogen) atoms. The molecule has 2 heterocycles. The van der Waals surface area contributed by atoms with Crippen LogP contribution in [0.5, 0.6) is 0 Å². The molecule has 2 aromatic rings. The van der Waals surface area contributed by atoms with Gasteiger partial charge in [0, 0.05) is 37.1 Å². The Morgan fingerprint density at radius 2 is 2.05 bits per heavy atom. The maximum absolute atomic E-state index is 12.3. The van der Waals surface area contributed by atoms with Gasteiger partial charge in [0.15, 0.2) is 0 Å². The van der Waals surface area contributed by atoms with E-state index in [0.29, 0.717) is 18.3 Å². The fourth-order valence-electron chi connectivity index (χ4n) is 2.66. The second-order valence-electron chi connectivity index (χ2n) is 6.03. The van der Waals surface area contributed by atoms with Crippen molar-refractivity contribution in [2.45, 2.75) is 26.8 Å². The summed E-state index contributed by atoms with van der Waals surface area (Å²) >= 11 is 0. The molecule has 1 saturated carbocycles. The zero-order chi connectivity index (χ0) is 15.7. The van der Waals surface area contributed by atoms with Crippen molar-refractivity contribution in [1.29, 1.82) is 0 Å². The molecule has 114 valence electrons. The Bertz CT molecular complexity index is 686. The van der Waals surface area contributed by atoms with Crippen LogP contribution in [0, 0.1) is 18.8 Å². The van der Waals surface area contributed by atoms with E-state index in [-0.39, 0.29) is 11.8 Å². The summed E-state index contributed by atoms with van der Waals surface area (Å²) in [5, 5.41) is 0. The number of hydrogen-bond acceptors (Lipinski definition) is 4. The van der Waals surface area contributed by atoms with Gasteiger partial charge < -0.3 is 4.90 Å². The van der Waals surface area contributed by atoms with E-state index in [2.05, 4.69) is 21.9 Å². The van der Waals surface area contributed by atoms with Gasteiger partial charge in [-0.1, -0.05) is 6.92 Å². The summed E-state index contributed by atoms with van der Waals surface area (Å²) in [6.07, 6.45) is 6.33. The molecule has 0 aliphatic heterocycles. The van der Waals surface area contributed by atoms with E-state index in [9.17, 15) is 4.79 Å². The summed E-state index contributed by atoms with van der Waals surface area (Å²) in [6, 6.07) is 3.87. The molecule has 0 radical (unpaired) electrons. The van der Waals surface area contributed by atoms with Crippen LogP contribution in [-0.4, -0.2) is 32.8 Å². The summed E-state index contributed by atoms with van der Waals surface area (Å²) in [6.45, 7) is 4.49. The van der Waals surface area contributed by atoms with Crippen LogP contribution in [-0.2, 0) is 11.3 Å². The molecule has 0 saturated heterocycles. The lowest BCUT2D eigenvalue weighted by atomic mass is 10.1. The molecule has 0 unspecified atom stereocenters. The predicted octanol–water partition coefficient (Wildman–Crippen LogP) is 2.46. The number of rotatable bonds is 4. The molecule has 1 aliphatic carbocycles. The van der Waals surface area contributed by atoms with Gasteiger partial charge in [-0.2, -0.15) is 0 Å². The van der Waals surface area contributed by atoms with E-state index in [1.54, 1.807) is 17.3 Å². The van der Waals surface area contributed by atoms with Crippen LogP contribution in [0.3, 0.4) is 0 Å². The minimum atomic E-state index is 0.192. The number of carbonyl (C=O) groups is 1. The summed E-state index contributed by atoms with van der Waals surface area (Å²) in [4.78, 5) is 27.0. The van der Waals surface area contributed by atoms with Gasteiger partial charge in [0.25, 0.3) is 0 Å². The first-order valence-electron chi connectivity index (χ1n) is 7.54. The van der Waals surface area contributed by atoms with Gasteiger partial charge in [0.05, 0.1) is 12.2 Å². The average Bonchev–Trinajstić information content (AvgIpc) is 3.24. The quantitative estimate of drug-likeness (QED) is 0.869. The molecule has 0 spiro atoms. The smallest absolute Gasteiger partial charge is 0.226 e. The molecule has 0 aromatic carbocycles. The molecule has 1 aliphatic rings. The minimum Gasteiger partial charge on any atom is -0.340 e. The van der Waals surface area contributed by atoms with Gasteiger partial charge in [0.2, 0.25) is 5.91 Å². The Morgan fingerprint density at radius 1 is 1.36 bits per heavy atom. The Labute approximate surface area is 130 Å². The van der Waals surface area contributed by atoms with Crippen molar-refractivity contribution in [2.75, 3.05) is 7.05 Å². The standard InChI is InChI=1S/C17H20N4O/c1-11-8-14(11)17(22)21(3)10-16-15(9-19-12(2)20-16)13-4-6-18-7-5-13/h4-7,9,11,14H,8,10H2,1-3H3/t11-,14-/m0/s1. The normalized spacial score (nSPS) is 19.8. The summed E-state index contributed by atoms with van der Waals surface area (Å²) in [5.74, 6) is 1.64. The lowest BCUT2D eigenvalue weighted by Gasteiger charge is -2.19. The van der Waals surface area contributed by atoms with Crippen LogP contribution < -0.4 is 0 Å². The molecule has 2 aromatic heterocycles. The van der Waals surface area contributed by atoms with Crippen molar-refractivity contribution in [1.82, 2.24) is 19.9 Å². The van der Waals surface area contributed by atoms with Crippen molar-refractivity contribution >= 4 is 5.91 Å². The van der Waals surface area contributed by atoms with E-state index in [4.69, 9.17) is 0 Å². The number of amides is 1. The van der Waals surface area contributed by atoms with Crippen molar-refractivity contribution in [2.24, 2.45) is 11.8 Å². The number of hydrogen-bond donors (Lipinski definition) is 0. The summed E-state index contributed by atoms with van der Waals surface area (Å²) in [7, 11) is 1.85. The summed E-state index contributed by atoms with van der Waals surface area (Å²) < 4.78 is 0. The Balaban J connectivity index is 1.86. The number of aryl methyl sites for hydroxylation is 1. The summed E-state index contributed by atoms with van der Waals surface area (Å²) in [5.41, 5.74) is 2.85. The van der Waals surface area contributed by atoms with Gasteiger partial charge in [-0.05, 0) is 37.0 Å². The van der Waals surface area contributed by atoms with Crippen molar-refractivity contribution in [3.63, 3.8) is 0 Å². The molecule has 0 bridgehead atoms. The molecule has 5 heteroatoms. The van der Waals surface area contributed by atoms with Gasteiger partial charge in [0.1, 0.15) is 5.82 Å². The van der Waals surface area contributed by atoms with Crippen LogP contribution in [0.25, 0.3) is 11.1 Å². The molecule has 0 N–H and O–H groups in total. The van der Waals surface area contributed by atoms with Crippen LogP contribution in [0.4, 0.5) is 0 Å². The van der Waals surface area contributed by atoms with Gasteiger partial charge in [-0.15, -0.1) is 0 Å². The van der Waals surface area contributed by atoms with Gasteiger partial charge >= 0.3 is 0 Å². The number of carbonyl (C=O) groups excluding carboxylic acids is 1. The zero-order valence-electron chi connectivity index (χ0n) is 13.2. The molecule has 1 fully saturated rings. The fourth-order valence-corrected chi connectivity index (χ4v) is 2.66. The highest BCUT2D eigenvalue weighted by atomic mass is 16.2. The van der Waals surface area contributed by atoms with E-state index >= 15 is 0 Å². The van der Waals surface area contributed by atoms with Crippen molar-refractivity contribution < 1.29 is 4.79 Å². The first-order chi connectivity index (χ1) is 10.6. The molecule has 1 amide bonds. The molecule has 3 rings (SSSR count). The maximum Gasteiger partial charge on any atom is 0.226 e. The lowest BCUT2D eigenvalue weighted by molar-refractivity contribution is -0.132. The van der Waals surface area contributed by atoms with Crippen molar-refractivity contribution in [3.05, 3.63) is 42.2 Å². The minimum absolute atomic E-state index is 0.192. The number of nitrogens with zero attached hydrogens (tertiary/aromatic N) is 4. The monoisotopic (exact) mass is 296 g/mol. The van der Waals surface area contributed by atoms with Crippen LogP contribution in [0.2, 0.25) is 0 Å². The number of aromatic nitrogens is 3. The highest BCUT2D eigenvalue weighted by Crippen LogP contribution is 2.39. The van der Waals surface area contributed by atoms with E-state index < -0.39 is 0 Å². The third-order valence-corrected chi connectivity index (χ3v) is 4.17. The molecular formula is C17H20N4O. The van der Waals surface area contributed by atoms with E-state index in [1.165, 1.54) is 0 Å². The Morgan fingerprint density at radius 3 is 2.68 bits per heavy atom. The Kier molecular flexibility index (Phi) is 3.88. The van der Waals surface area contributed by atoms with Crippen LogP contribution in [0.1, 0.15) is 24.9 Å². The van der Waals surface area contributed by atoms with Crippen molar-refractivity contribution in [3.8, 4) is 11.1 Å². The van der Waals surface area contributed by atoms with E-state index in [1.807, 2.05) is 32.3 Å². The molecule has 2 atom stereocenters. The first-order valence-corrected chi connectivity index (χ1v) is 7.54. The second-order valence-corrected chi connectivity index (χ2v) is 6.03. The Hall–Kier alpha value is -2.30. The first kappa shape index (κ1) is 14.6. The maximum atomic E-state index is 12.3. The largest absolute Gasteiger partial charge is 0.340 e. The third kappa shape index (κ3) is 2.98.